The first-order valence-corrected chi connectivity index (χ1v) is 7.94. The lowest BCUT2D eigenvalue weighted by Crippen LogP contribution is -2.32. The second-order valence-electron chi connectivity index (χ2n) is 5.53. The molecule has 0 radical (unpaired) electrons. The van der Waals surface area contributed by atoms with E-state index in [0.717, 1.165) is 11.3 Å². The predicted octanol–water partition coefficient (Wildman–Crippen LogP) is 3.83. The Kier molecular flexibility index (Phi) is 4.83. The third kappa shape index (κ3) is 3.96. The molecule has 0 fully saturated rings. The van der Waals surface area contributed by atoms with Gasteiger partial charge in [-0.2, -0.15) is 0 Å². The molecule has 0 aliphatic rings. The van der Waals surface area contributed by atoms with Crippen LogP contribution in [0, 0.1) is 0 Å². The van der Waals surface area contributed by atoms with E-state index in [0.29, 0.717) is 12.2 Å². The van der Waals surface area contributed by atoms with Crippen molar-refractivity contribution in [3.8, 4) is 5.75 Å². The number of fused-ring (bicyclic) bond motifs is 1. The van der Waals surface area contributed by atoms with Gasteiger partial charge in [-0.1, -0.05) is 6.07 Å². The largest absolute Gasteiger partial charge is 0.573 e. The van der Waals surface area contributed by atoms with E-state index in [1.54, 1.807) is 19.3 Å². The lowest BCUT2D eigenvalue weighted by molar-refractivity contribution is -0.274. The summed E-state index contributed by atoms with van der Waals surface area (Å²) in [6.45, 7) is 2.19. The van der Waals surface area contributed by atoms with E-state index >= 15 is 0 Å². The van der Waals surface area contributed by atoms with Crippen molar-refractivity contribution in [1.82, 2.24) is 9.38 Å². The van der Waals surface area contributed by atoms with Crippen LogP contribution in [0.5, 0.6) is 5.75 Å². The number of likely N-dealkylation sites (N-methyl/N-ethyl adjacent to an activating group) is 1. The summed E-state index contributed by atoms with van der Waals surface area (Å²) >= 11 is 0. The molecule has 8 heteroatoms. The van der Waals surface area contributed by atoms with Crippen molar-refractivity contribution < 1.29 is 22.7 Å². The zero-order chi connectivity index (χ0) is 18.7. The zero-order valence-corrected chi connectivity index (χ0v) is 13.9. The molecular weight excluding hydrogens is 347 g/mol. The molecule has 0 unspecified atom stereocenters. The lowest BCUT2D eigenvalue weighted by atomic mass is 10.2. The number of benzene rings is 1. The monoisotopic (exact) mass is 363 g/mol. The van der Waals surface area contributed by atoms with E-state index in [2.05, 4.69) is 9.72 Å². The summed E-state index contributed by atoms with van der Waals surface area (Å²) in [5, 5.41) is 0. The third-order valence-corrected chi connectivity index (χ3v) is 3.84. The molecule has 0 aliphatic carbocycles. The predicted molar refractivity (Wildman–Crippen MR) is 90.0 cm³/mol. The molecule has 0 saturated heterocycles. The molecule has 0 aliphatic heterocycles. The summed E-state index contributed by atoms with van der Waals surface area (Å²) in [5.74, 6) is -0.494. The van der Waals surface area contributed by atoms with Crippen molar-refractivity contribution in [2.24, 2.45) is 0 Å². The van der Waals surface area contributed by atoms with Crippen molar-refractivity contribution >= 4 is 17.2 Å². The third-order valence-electron chi connectivity index (χ3n) is 3.84. The number of hydrogen-bond acceptors (Lipinski definition) is 3. The van der Waals surface area contributed by atoms with Gasteiger partial charge in [0.2, 0.25) is 5.91 Å². The van der Waals surface area contributed by atoms with E-state index in [9.17, 15) is 18.0 Å². The van der Waals surface area contributed by atoms with Gasteiger partial charge in [0.05, 0.1) is 6.42 Å². The molecular formula is C18H16F3N3O2. The number of alkyl halides is 3. The minimum absolute atomic E-state index is 0.141. The van der Waals surface area contributed by atoms with Crippen molar-refractivity contribution in [1.29, 1.82) is 0 Å². The van der Waals surface area contributed by atoms with E-state index in [4.69, 9.17) is 0 Å². The molecule has 1 amide bonds. The first-order chi connectivity index (χ1) is 12.4. The van der Waals surface area contributed by atoms with Crippen LogP contribution < -0.4 is 9.64 Å². The molecule has 0 atom stereocenters. The zero-order valence-electron chi connectivity index (χ0n) is 13.9. The Balaban J connectivity index is 1.77. The highest BCUT2D eigenvalue weighted by Gasteiger charge is 2.31. The maximum Gasteiger partial charge on any atom is 0.573 e. The minimum Gasteiger partial charge on any atom is -0.406 e. The fourth-order valence-corrected chi connectivity index (χ4v) is 2.73. The van der Waals surface area contributed by atoms with Gasteiger partial charge >= 0.3 is 6.36 Å². The number of amides is 1. The van der Waals surface area contributed by atoms with Gasteiger partial charge in [-0.15, -0.1) is 13.2 Å². The van der Waals surface area contributed by atoms with Crippen LogP contribution >= 0.6 is 0 Å². The van der Waals surface area contributed by atoms with Crippen molar-refractivity contribution in [2.75, 3.05) is 11.4 Å². The summed E-state index contributed by atoms with van der Waals surface area (Å²) in [6, 6.07) is 10.7. The number of halogens is 3. The number of carbonyl (C=O) groups is 1. The van der Waals surface area contributed by atoms with Crippen molar-refractivity contribution in [3.63, 3.8) is 0 Å². The molecule has 2 heterocycles. The highest BCUT2D eigenvalue weighted by atomic mass is 19.4. The van der Waals surface area contributed by atoms with Crippen LogP contribution in [0.3, 0.4) is 0 Å². The van der Waals surface area contributed by atoms with E-state index in [1.807, 2.05) is 22.6 Å². The first kappa shape index (κ1) is 17.8. The number of carbonyl (C=O) groups excluding carboxylic acids is 1. The number of pyridine rings is 1. The maximum atomic E-state index is 12.7. The Labute approximate surface area is 147 Å². The summed E-state index contributed by atoms with van der Waals surface area (Å²) < 4.78 is 42.4. The van der Waals surface area contributed by atoms with Crippen molar-refractivity contribution in [3.05, 3.63) is 60.6 Å². The van der Waals surface area contributed by atoms with Gasteiger partial charge in [0, 0.05) is 30.3 Å². The highest BCUT2D eigenvalue weighted by Crippen LogP contribution is 2.25. The Morgan fingerprint density at radius 3 is 2.58 bits per heavy atom. The Hall–Kier alpha value is -3.03. The number of nitrogens with zero attached hydrogens (tertiary/aromatic N) is 3. The van der Waals surface area contributed by atoms with Crippen LogP contribution in [-0.2, 0) is 11.2 Å². The van der Waals surface area contributed by atoms with E-state index in [-0.39, 0.29) is 18.1 Å². The number of aromatic nitrogens is 2. The summed E-state index contributed by atoms with van der Waals surface area (Å²) in [4.78, 5) is 18.4. The number of imidazole rings is 1. The van der Waals surface area contributed by atoms with Gasteiger partial charge in [-0.25, -0.2) is 4.98 Å². The van der Waals surface area contributed by atoms with Crippen LogP contribution in [0.1, 0.15) is 12.6 Å². The molecule has 0 spiro atoms. The second-order valence-corrected chi connectivity index (χ2v) is 5.53. The Bertz CT molecular complexity index is 904. The molecule has 5 nitrogen and oxygen atoms in total. The van der Waals surface area contributed by atoms with Crippen LogP contribution in [0.15, 0.2) is 54.9 Å². The molecule has 2 aromatic heterocycles. The Morgan fingerprint density at radius 2 is 1.92 bits per heavy atom. The van der Waals surface area contributed by atoms with Crippen molar-refractivity contribution in [2.45, 2.75) is 19.7 Å². The lowest BCUT2D eigenvalue weighted by Gasteiger charge is -2.22. The van der Waals surface area contributed by atoms with Gasteiger partial charge in [-0.05, 0) is 43.3 Å². The average Bonchev–Trinajstić information content (AvgIpc) is 3.05. The van der Waals surface area contributed by atoms with Crippen LogP contribution in [0.2, 0.25) is 0 Å². The van der Waals surface area contributed by atoms with Gasteiger partial charge in [0.15, 0.2) is 0 Å². The molecule has 0 bridgehead atoms. The summed E-state index contributed by atoms with van der Waals surface area (Å²) in [7, 11) is 0. The Morgan fingerprint density at radius 1 is 1.19 bits per heavy atom. The van der Waals surface area contributed by atoms with Gasteiger partial charge in [0.1, 0.15) is 11.4 Å². The van der Waals surface area contributed by atoms with Crippen LogP contribution in [0.4, 0.5) is 18.9 Å². The topological polar surface area (TPSA) is 46.8 Å². The standard InChI is InChI=1S/C18H16F3N3O2/c1-2-23(13-6-8-15(9-7-13)26-18(19,20)21)17(25)12-14-4-3-5-16-22-10-11-24(14)16/h3-11H,2,12H2,1H3. The van der Waals surface area contributed by atoms with Gasteiger partial charge in [-0.3, -0.25) is 4.79 Å². The number of ether oxygens (including phenoxy) is 1. The highest BCUT2D eigenvalue weighted by molar-refractivity contribution is 5.94. The average molecular weight is 363 g/mol. The number of hydrogen-bond donors (Lipinski definition) is 0. The SMILES string of the molecule is CCN(C(=O)Cc1cccc2nccn12)c1ccc(OC(F)(F)F)cc1. The smallest absolute Gasteiger partial charge is 0.406 e. The van der Waals surface area contributed by atoms with E-state index in [1.165, 1.54) is 29.2 Å². The molecule has 3 rings (SSSR count). The summed E-state index contributed by atoms with van der Waals surface area (Å²) in [6.07, 6.45) is -1.18. The fourth-order valence-electron chi connectivity index (χ4n) is 2.73. The quantitative estimate of drug-likeness (QED) is 0.692. The second kappa shape index (κ2) is 7.07. The normalized spacial score (nSPS) is 11.5. The fraction of sp³-hybridized carbons (Fsp3) is 0.222. The van der Waals surface area contributed by atoms with Gasteiger partial charge < -0.3 is 14.0 Å². The maximum absolute atomic E-state index is 12.7. The van der Waals surface area contributed by atoms with Crippen LogP contribution in [-0.4, -0.2) is 28.2 Å². The summed E-state index contributed by atoms with van der Waals surface area (Å²) in [5.41, 5.74) is 2.03. The van der Waals surface area contributed by atoms with E-state index < -0.39 is 6.36 Å². The number of anilines is 1. The number of rotatable bonds is 5. The molecule has 26 heavy (non-hydrogen) atoms. The minimum atomic E-state index is -4.74. The molecule has 0 saturated carbocycles. The van der Waals surface area contributed by atoms with Crippen LogP contribution in [0.25, 0.3) is 5.65 Å². The molecule has 1 aromatic carbocycles. The molecule has 3 aromatic rings. The molecule has 0 N–H and O–H groups in total. The first-order valence-electron chi connectivity index (χ1n) is 7.94. The van der Waals surface area contributed by atoms with Gasteiger partial charge in [0.25, 0.3) is 0 Å². The molecule has 136 valence electrons.